The molecule has 0 radical (unpaired) electrons. The summed E-state index contributed by atoms with van der Waals surface area (Å²) in [6.45, 7) is 1.15. The largest absolute Gasteiger partial charge is 0.490 e. The number of carbonyl (C=O) groups is 1. The van der Waals surface area contributed by atoms with Gasteiger partial charge in [-0.2, -0.15) is 0 Å². The third-order valence-electron chi connectivity index (χ3n) is 2.71. The fraction of sp³-hybridized carbons (Fsp3) is 0.154. The molecule has 2 aromatic rings. The zero-order valence-corrected chi connectivity index (χ0v) is 9.94. The summed E-state index contributed by atoms with van der Waals surface area (Å²) in [7, 11) is 0. The van der Waals surface area contributed by atoms with E-state index in [0.29, 0.717) is 13.2 Å². The van der Waals surface area contributed by atoms with E-state index in [9.17, 15) is 4.79 Å². The van der Waals surface area contributed by atoms with Crippen molar-refractivity contribution in [3.05, 3.63) is 46.7 Å². The molecular weight excluding hydrogens is 234 g/mol. The summed E-state index contributed by atoms with van der Waals surface area (Å²) in [6, 6.07) is 11.4. The quantitative estimate of drug-likeness (QED) is 0.773. The highest BCUT2D eigenvalue weighted by atomic mass is 32.1. The molecule has 0 unspecified atom stereocenters. The number of amides is 1. The van der Waals surface area contributed by atoms with Gasteiger partial charge in [-0.25, -0.2) is 0 Å². The van der Waals surface area contributed by atoms with Gasteiger partial charge in [0.15, 0.2) is 0 Å². The van der Waals surface area contributed by atoms with Crippen molar-refractivity contribution in [2.45, 2.75) is 0 Å². The first-order valence-corrected chi connectivity index (χ1v) is 6.31. The minimum Gasteiger partial charge on any atom is -0.490 e. The van der Waals surface area contributed by atoms with E-state index in [4.69, 9.17) is 4.74 Å². The van der Waals surface area contributed by atoms with E-state index in [1.54, 1.807) is 4.90 Å². The lowest BCUT2D eigenvalue weighted by molar-refractivity contribution is 0.0980. The maximum atomic E-state index is 12.3. The second-order valence-corrected chi connectivity index (χ2v) is 4.70. The summed E-state index contributed by atoms with van der Waals surface area (Å²) in [5.41, 5.74) is 0.858. The Bertz CT molecular complexity index is 536. The van der Waals surface area contributed by atoms with Crippen LogP contribution in [0.4, 0.5) is 5.69 Å². The second-order valence-electron chi connectivity index (χ2n) is 3.75. The maximum absolute atomic E-state index is 12.3. The number of ether oxygens (including phenoxy) is 1. The van der Waals surface area contributed by atoms with Crippen LogP contribution in [0.15, 0.2) is 41.8 Å². The van der Waals surface area contributed by atoms with Gasteiger partial charge in [0, 0.05) is 0 Å². The van der Waals surface area contributed by atoms with Crippen molar-refractivity contribution in [1.29, 1.82) is 0 Å². The molecule has 1 aliphatic heterocycles. The van der Waals surface area contributed by atoms with Crippen molar-refractivity contribution in [2.24, 2.45) is 0 Å². The lowest BCUT2D eigenvalue weighted by Crippen LogP contribution is -2.37. The molecule has 86 valence electrons. The second kappa shape index (κ2) is 4.22. The van der Waals surface area contributed by atoms with Gasteiger partial charge >= 0.3 is 0 Å². The molecule has 1 amide bonds. The normalized spacial score (nSPS) is 14.0. The van der Waals surface area contributed by atoms with Crippen LogP contribution in [0, 0.1) is 0 Å². The topological polar surface area (TPSA) is 29.5 Å². The standard InChI is InChI=1S/C13H11NO2S/c15-13(12-6-3-9-17-12)14-7-8-16-11-5-2-1-4-10(11)14/h1-6,9H,7-8H2. The molecule has 0 atom stereocenters. The van der Waals surface area contributed by atoms with E-state index < -0.39 is 0 Å². The number of nitrogens with zero attached hydrogens (tertiary/aromatic N) is 1. The molecule has 3 rings (SSSR count). The first-order chi connectivity index (χ1) is 8.36. The SMILES string of the molecule is O=C(c1cccs1)N1CCOc2ccccc21. The third-order valence-corrected chi connectivity index (χ3v) is 3.56. The minimum atomic E-state index is 0.0516. The Balaban J connectivity index is 1.98. The molecule has 0 spiro atoms. The summed E-state index contributed by atoms with van der Waals surface area (Å²) in [5.74, 6) is 0.833. The summed E-state index contributed by atoms with van der Waals surface area (Å²) in [4.78, 5) is 14.9. The molecule has 0 aliphatic carbocycles. The van der Waals surface area contributed by atoms with Gasteiger partial charge in [-0.3, -0.25) is 4.79 Å². The van der Waals surface area contributed by atoms with Crippen LogP contribution >= 0.6 is 11.3 Å². The molecule has 1 aliphatic rings. The van der Waals surface area contributed by atoms with Crippen LogP contribution in [-0.2, 0) is 0 Å². The average Bonchev–Trinajstić information content (AvgIpc) is 2.91. The Morgan fingerprint density at radius 1 is 1.24 bits per heavy atom. The predicted octanol–water partition coefficient (Wildman–Crippen LogP) is 2.79. The highest BCUT2D eigenvalue weighted by molar-refractivity contribution is 7.12. The van der Waals surface area contributed by atoms with Crippen LogP contribution < -0.4 is 9.64 Å². The van der Waals surface area contributed by atoms with Crippen LogP contribution in [0.3, 0.4) is 0 Å². The van der Waals surface area contributed by atoms with Gasteiger partial charge in [0.05, 0.1) is 17.1 Å². The molecule has 0 saturated carbocycles. The predicted molar refractivity (Wildman–Crippen MR) is 67.9 cm³/mol. The van der Waals surface area contributed by atoms with Crippen molar-refractivity contribution in [3.63, 3.8) is 0 Å². The van der Waals surface area contributed by atoms with Gasteiger partial charge in [-0.05, 0) is 23.6 Å². The monoisotopic (exact) mass is 245 g/mol. The van der Waals surface area contributed by atoms with E-state index in [1.807, 2.05) is 41.8 Å². The van der Waals surface area contributed by atoms with Crippen molar-refractivity contribution in [1.82, 2.24) is 0 Å². The molecule has 0 N–H and O–H groups in total. The Hall–Kier alpha value is -1.81. The van der Waals surface area contributed by atoms with Crippen LogP contribution in [0.1, 0.15) is 9.67 Å². The number of rotatable bonds is 1. The van der Waals surface area contributed by atoms with Crippen LogP contribution in [0.5, 0.6) is 5.75 Å². The summed E-state index contributed by atoms with van der Waals surface area (Å²) in [5, 5.41) is 1.92. The average molecular weight is 245 g/mol. The fourth-order valence-corrected chi connectivity index (χ4v) is 2.59. The van der Waals surface area contributed by atoms with Gasteiger partial charge in [0.2, 0.25) is 0 Å². The summed E-state index contributed by atoms with van der Waals surface area (Å²) >= 11 is 1.47. The Kier molecular flexibility index (Phi) is 2.57. The zero-order chi connectivity index (χ0) is 11.7. The number of hydrogen-bond acceptors (Lipinski definition) is 3. The molecule has 3 nitrogen and oxygen atoms in total. The Morgan fingerprint density at radius 3 is 2.94 bits per heavy atom. The lowest BCUT2D eigenvalue weighted by Gasteiger charge is -2.29. The van der Waals surface area contributed by atoms with E-state index in [-0.39, 0.29) is 5.91 Å². The van der Waals surface area contributed by atoms with Crippen molar-refractivity contribution in [3.8, 4) is 5.75 Å². The lowest BCUT2D eigenvalue weighted by atomic mass is 10.2. The molecule has 0 fully saturated rings. The molecule has 1 aromatic heterocycles. The number of carbonyl (C=O) groups excluding carboxylic acids is 1. The van der Waals surface area contributed by atoms with Crippen molar-refractivity contribution in [2.75, 3.05) is 18.1 Å². The number of hydrogen-bond donors (Lipinski definition) is 0. The summed E-state index contributed by atoms with van der Waals surface area (Å²) < 4.78 is 5.53. The molecule has 2 heterocycles. The van der Waals surface area contributed by atoms with Crippen LogP contribution in [0.2, 0.25) is 0 Å². The highest BCUT2D eigenvalue weighted by Crippen LogP contribution is 2.32. The Morgan fingerprint density at radius 2 is 2.12 bits per heavy atom. The zero-order valence-electron chi connectivity index (χ0n) is 9.13. The number of anilines is 1. The van der Waals surface area contributed by atoms with Crippen molar-refractivity contribution < 1.29 is 9.53 Å². The first kappa shape index (κ1) is 10.4. The number of fused-ring (bicyclic) bond motifs is 1. The molecule has 0 bridgehead atoms. The van der Waals surface area contributed by atoms with Crippen LogP contribution in [-0.4, -0.2) is 19.1 Å². The summed E-state index contributed by atoms with van der Waals surface area (Å²) in [6.07, 6.45) is 0. The number of thiophene rings is 1. The van der Waals surface area contributed by atoms with Gasteiger partial charge in [-0.1, -0.05) is 18.2 Å². The Labute approximate surface area is 103 Å². The highest BCUT2D eigenvalue weighted by Gasteiger charge is 2.24. The fourth-order valence-electron chi connectivity index (χ4n) is 1.91. The van der Waals surface area contributed by atoms with Crippen molar-refractivity contribution >= 4 is 22.9 Å². The van der Waals surface area contributed by atoms with E-state index >= 15 is 0 Å². The smallest absolute Gasteiger partial charge is 0.268 e. The van der Waals surface area contributed by atoms with Gasteiger partial charge in [0.1, 0.15) is 12.4 Å². The molecule has 4 heteroatoms. The van der Waals surface area contributed by atoms with Gasteiger partial charge < -0.3 is 9.64 Å². The van der Waals surface area contributed by atoms with Gasteiger partial charge in [-0.15, -0.1) is 11.3 Å². The minimum absolute atomic E-state index is 0.0516. The first-order valence-electron chi connectivity index (χ1n) is 5.43. The molecule has 0 saturated heterocycles. The van der Waals surface area contributed by atoms with Crippen LogP contribution in [0.25, 0.3) is 0 Å². The van der Waals surface area contributed by atoms with Gasteiger partial charge in [0.25, 0.3) is 5.91 Å². The molecule has 1 aromatic carbocycles. The molecular formula is C13H11NO2S. The maximum Gasteiger partial charge on any atom is 0.268 e. The molecule has 17 heavy (non-hydrogen) atoms. The van der Waals surface area contributed by atoms with E-state index in [2.05, 4.69) is 0 Å². The third kappa shape index (κ3) is 1.80. The number of benzene rings is 1. The van der Waals surface area contributed by atoms with E-state index in [0.717, 1.165) is 16.3 Å². The number of para-hydroxylation sites is 2. The van der Waals surface area contributed by atoms with E-state index in [1.165, 1.54) is 11.3 Å².